The van der Waals surface area contributed by atoms with Gasteiger partial charge in [0.15, 0.2) is 0 Å². The van der Waals surface area contributed by atoms with Crippen molar-refractivity contribution in [2.75, 3.05) is 45.7 Å². The van der Waals surface area contributed by atoms with Crippen LogP contribution in [0.1, 0.15) is 21.5 Å². The number of aromatic carboxylic acids is 1. The van der Waals surface area contributed by atoms with E-state index in [1.165, 1.54) is 0 Å². The Morgan fingerprint density at radius 2 is 1.42 bits per heavy atom. The molecule has 10 heteroatoms. The van der Waals surface area contributed by atoms with Gasteiger partial charge in [-0.3, -0.25) is 0 Å². The number of nitrogens with zero attached hydrogens (tertiary/aromatic N) is 2. The van der Waals surface area contributed by atoms with Gasteiger partial charge >= 0.3 is 12.0 Å². The second kappa shape index (κ2) is 13.2. The Morgan fingerprint density at radius 3 is 2.09 bits per heavy atom. The number of alkyl halides is 2. The molecular weight excluding hydrogens is 585 g/mol. The van der Waals surface area contributed by atoms with Crippen LogP contribution in [0.3, 0.4) is 0 Å². The van der Waals surface area contributed by atoms with Crippen molar-refractivity contribution >= 4 is 85.4 Å². The molecule has 5 rings (SSSR count). The summed E-state index contributed by atoms with van der Waals surface area (Å²) >= 11 is 11.8. The molecule has 220 valence electrons. The van der Waals surface area contributed by atoms with Crippen LogP contribution >= 0.6 is 23.2 Å². The number of anilines is 5. The lowest BCUT2D eigenvalue weighted by atomic mass is 10.0. The number of hydrogen-bond acceptors (Lipinski definition) is 5. The van der Waals surface area contributed by atoms with Crippen molar-refractivity contribution in [2.24, 2.45) is 0 Å². The van der Waals surface area contributed by atoms with Gasteiger partial charge in [0.05, 0.1) is 22.3 Å². The van der Waals surface area contributed by atoms with Gasteiger partial charge in [-0.05, 0) is 67.4 Å². The zero-order valence-electron chi connectivity index (χ0n) is 23.7. The van der Waals surface area contributed by atoms with E-state index in [-0.39, 0.29) is 11.6 Å². The van der Waals surface area contributed by atoms with Gasteiger partial charge in [-0.25, -0.2) is 14.6 Å². The van der Waals surface area contributed by atoms with E-state index in [4.69, 9.17) is 28.2 Å². The Labute approximate surface area is 259 Å². The van der Waals surface area contributed by atoms with Crippen LogP contribution in [0.25, 0.3) is 21.8 Å². The number of hydrogen-bond donors (Lipinski definition) is 4. The van der Waals surface area contributed by atoms with E-state index < -0.39 is 5.97 Å². The first-order chi connectivity index (χ1) is 20.8. The van der Waals surface area contributed by atoms with Crippen LogP contribution in [0.5, 0.6) is 0 Å². The number of benzene rings is 4. The fourth-order valence-electron chi connectivity index (χ4n) is 5.03. The summed E-state index contributed by atoms with van der Waals surface area (Å²) in [6, 6.07) is 23.7. The molecule has 1 aromatic heterocycles. The summed E-state index contributed by atoms with van der Waals surface area (Å²) < 4.78 is 0. The maximum Gasteiger partial charge on any atom is 0.337 e. The number of carbonyl (C=O) groups excluding carboxylic acids is 1. The van der Waals surface area contributed by atoms with Crippen LogP contribution in [0.15, 0.2) is 78.9 Å². The van der Waals surface area contributed by atoms with E-state index in [1.807, 2.05) is 80.6 Å². The summed E-state index contributed by atoms with van der Waals surface area (Å²) in [6.07, 6.45) is 0. The van der Waals surface area contributed by atoms with Crippen LogP contribution < -0.4 is 20.9 Å². The van der Waals surface area contributed by atoms with Crippen molar-refractivity contribution in [1.29, 1.82) is 0 Å². The summed E-state index contributed by atoms with van der Waals surface area (Å²) in [5.41, 5.74) is 6.85. The van der Waals surface area contributed by atoms with Gasteiger partial charge < -0.3 is 26.0 Å². The maximum atomic E-state index is 12.9. The summed E-state index contributed by atoms with van der Waals surface area (Å²) in [7, 11) is 0. The number of pyridine rings is 1. The Kier molecular flexibility index (Phi) is 9.19. The van der Waals surface area contributed by atoms with Crippen LogP contribution in [-0.2, 0) is 0 Å². The van der Waals surface area contributed by atoms with Crippen molar-refractivity contribution in [3.05, 3.63) is 95.6 Å². The van der Waals surface area contributed by atoms with Crippen LogP contribution in [0, 0.1) is 13.8 Å². The molecule has 0 aliphatic rings. The van der Waals surface area contributed by atoms with Crippen LogP contribution in [-0.4, -0.2) is 46.9 Å². The number of para-hydroxylation sites is 2. The Bertz CT molecular complexity index is 1810. The minimum Gasteiger partial charge on any atom is -0.478 e. The van der Waals surface area contributed by atoms with Crippen molar-refractivity contribution in [3.8, 4) is 0 Å². The summed E-state index contributed by atoms with van der Waals surface area (Å²) in [5, 5.41) is 20.7. The smallest absolute Gasteiger partial charge is 0.337 e. The van der Waals surface area contributed by atoms with Gasteiger partial charge in [0.1, 0.15) is 0 Å². The quantitative estimate of drug-likeness (QED) is 0.0928. The highest BCUT2D eigenvalue weighted by atomic mass is 35.5. The van der Waals surface area contributed by atoms with E-state index in [9.17, 15) is 14.7 Å². The highest BCUT2D eigenvalue weighted by molar-refractivity contribution is 6.18. The molecule has 0 bridgehead atoms. The van der Waals surface area contributed by atoms with Crippen LogP contribution in [0.2, 0.25) is 0 Å². The number of aromatic nitrogens is 1. The molecule has 0 radical (unpaired) electrons. The predicted molar refractivity (Wildman–Crippen MR) is 178 cm³/mol. The minimum atomic E-state index is -1.04. The van der Waals surface area contributed by atoms with E-state index in [0.717, 1.165) is 39.1 Å². The van der Waals surface area contributed by atoms with Gasteiger partial charge in [0, 0.05) is 58.4 Å². The summed E-state index contributed by atoms with van der Waals surface area (Å²) in [5.74, 6) is -0.0602. The molecule has 4 aromatic carbocycles. The molecule has 0 saturated carbocycles. The van der Waals surface area contributed by atoms with E-state index in [2.05, 4.69) is 20.9 Å². The maximum absolute atomic E-state index is 12.9. The molecule has 0 unspecified atom stereocenters. The van der Waals surface area contributed by atoms with Crippen molar-refractivity contribution in [3.63, 3.8) is 0 Å². The molecule has 5 aromatic rings. The molecule has 0 atom stereocenters. The highest BCUT2D eigenvalue weighted by Crippen LogP contribution is 2.37. The molecule has 0 spiro atoms. The molecule has 0 saturated heterocycles. The Balaban J connectivity index is 1.41. The van der Waals surface area contributed by atoms with Crippen molar-refractivity contribution in [1.82, 2.24) is 4.98 Å². The fourth-order valence-corrected chi connectivity index (χ4v) is 5.44. The number of rotatable bonds is 10. The van der Waals surface area contributed by atoms with Gasteiger partial charge in [-0.2, -0.15) is 0 Å². The largest absolute Gasteiger partial charge is 0.478 e. The van der Waals surface area contributed by atoms with Gasteiger partial charge in [0.25, 0.3) is 0 Å². The predicted octanol–water partition coefficient (Wildman–Crippen LogP) is 8.37. The molecule has 0 fully saturated rings. The lowest BCUT2D eigenvalue weighted by Crippen LogP contribution is -2.27. The molecule has 1 heterocycles. The lowest BCUT2D eigenvalue weighted by molar-refractivity contribution is 0.0699. The second-order valence-electron chi connectivity index (χ2n) is 10.1. The first kappa shape index (κ1) is 29.9. The average Bonchev–Trinajstić information content (AvgIpc) is 2.99. The second-order valence-corrected chi connectivity index (χ2v) is 10.9. The fraction of sp³-hybridized carbons (Fsp3) is 0.182. The van der Waals surface area contributed by atoms with Crippen molar-refractivity contribution in [2.45, 2.75) is 13.8 Å². The summed E-state index contributed by atoms with van der Waals surface area (Å²) in [6.45, 7) is 5.27. The highest BCUT2D eigenvalue weighted by Gasteiger charge is 2.17. The standard InChI is InChI=1S/C33H31Cl2N5O3/c1-20-9-10-23(37-33(43)36-22-11-13-24(14-12-22)40(17-15-34)18-16-35)19-28(20)38-30-25-6-3-5-21(2)29(25)39-31-26(30)7-4-8-27(31)32(41)42/h3-14,19H,15-18H2,1-2H3,(H,38,39)(H,41,42)(H2,36,37,43). The SMILES string of the molecule is Cc1ccc(NC(=O)Nc2ccc(N(CCCl)CCCl)cc2)cc1Nc1c2cccc(C)c2nc2c(C(=O)O)cccc12. The molecule has 8 nitrogen and oxygen atoms in total. The number of carboxylic acids is 1. The Hall–Kier alpha value is -4.53. The minimum absolute atomic E-state index is 0.133. The number of carboxylic acid groups (broad SMARTS) is 1. The molecule has 0 aliphatic carbocycles. The molecule has 0 aliphatic heterocycles. The first-order valence-corrected chi connectivity index (χ1v) is 14.8. The monoisotopic (exact) mass is 615 g/mol. The number of aryl methyl sites for hydroxylation is 2. The number of amides is 2. The van der Waals surface area contributed by atoms with E-state index >= 15 is 0 Å². The zero-order valence-corrected chi connectivity index (χ0v) is 25.3. The third-order valence-corrected chi connectivity index (χ3v) is 7.56. The molecule has 2 amide bonds. The normalized spacial score (nSPS) is 11.0. The number of fused-ring (bicyclic) bond motifs is 2. The molecule has 43 heavy (non-hydrogen) atoms. The average molecular weight is 617 g/mol. The number of halogens is 2. The van der Waals surface area contributed by atoms with E-state index in [0.29, 0.717) is 47.1 Å². The van der Waals surface area contributed by atoms with Crippen LogP contribution in [0.4, 0.5) is 33.2 Å². The number of nitrogens with one attached hydrogen (secondary N) is 3. The molecular formula is C33H31Cl2N5O3. The Morgan fingerprint density at radius 1 is 0.791 bits per heavy atom. The lowest BCUT2D eigenvalue weighted by Gasteiger charge is -2.23. The number of urea groups is 1. The first-order valence-electron chi connectivity index (χ1n) is 13.8. The van der Waals surface area contributed by atoms with Gasteiger partial charge in [0.2, 0.25) is 0 Å². The van der Waals surface area contributed by atoms with Gasteiger partial charge in [-0.15, -0.1) is 23.2 Å². The van der Waals surface area contributed by atoms with Gasteiger partial charge in [-0.1, -0.05) is 36.4 Å². The van der Waals surface area contributed by atoms with E-state index in [1.54, 1.807) is 12.1 Å². The zero-order chi connectivity index (χ0) is 30.5. The topological polar surface area (TPSA) is 107 Å². The van der Waals surface area contributed by atoms with Crippen molar-refractivity contribution < 1.29 is 14.7 Å². The summed E-state index contributed by atoms with van der Waals surface area (Å²) in [4.78, 5) is 31.8. The third kappa shape index (κ3) is 6.61. The molecule has 4 N–H and O–H groups in total. The third-order valence-electron chi connectivity index (χ3n) is 7.22. The number of carbonyl (C=O) groups is 2.